The van der Waals surface area contributed by atoms with E-state index in [1.165, 1.54) is 24.8 Å². The second-order valence-corrected chi connectivity index (χ2v) is 3.64. The molecule has 2 fully saturated rings. The highest BCUT2D eigenvalue weighted by molar-refractivity contribution is 5.27. The third kappa shape index (κ3) is 1.04. The Morgan fingerprint density at radius 3 is 3.27 bits per heavy atom. The Bertz CT molecular complexity index is 217. The van der Waals surface area contributed by atoms with Gasteiger partial charge in [-0.3, -0.25) is 0 Å². The standard InChI is InChI=1S/C10H14O/c1-3-5-8-6-4-7-10(2)9(8)11-10/h3,5,9H,1,4,6-7H2,2H3. The zero-order valence-corrected chi connectivity index (χ0v) is 6.97. The summed E-state index contributed by atoms with van der Waals surface area (Å²) in [5, 5.41) is 0. The lowest BCUT2D eigenvalue weighted by atomic mass is 9.87. The van der Waals surface area contributed by atoms with Crippen LogP contribution in [0.15, 0.2) is 24.3 Å². The second-order valence-electron chi connectivity index (χ2n) is 3.64. The van der Waals surface area contributed by atoms with E-state index in [1.54, 1.807) is 0 Å². The molecule has 0 spiro atoms. The predicted molar refractivity (Wildman–Crippen MR) is 45.4 cm³/mol. The van der Waals surface area contributed by atoms with Crippen molar-refractivity contribution in [3.8, 4) is 0 Å². The molecule has 2 aliphatic rings. The number of fused-ring (bicyclic) bond motifs is 1. The van der Waals surface area contributed by atoms with Gasteiger partial charge in [0, 0.05) is 0 Å². The zero-order valence-electron chi connectivity index (χ0n) is 6.97. The van der Waals surface area contributed by atoms with Gasteiger partial charge in [-0.15, -0.1) is 0 Å². The second kappa shape index (κ2) is 2.21. The van der Waals surface area contributed by atoms with Gasteiger partial charge in [0.1, 0.15) is 6.10 Å². The molecule has 1 nitrogen and oxygen atoms in total. The summed E-state index contributed by atoms with van der Waals surface area (Å²) in [7, 11) is 0. The van der Waals surface area contributed by atoms with Gasteiger partial charge in [0.2, 0.25) is 0 Å². The summed E-state index contributed by atoms with van der Waals surface area (Å²) in [5.41, 5.74) is 1.64. The van der Waals surface area contributed by atoms with E-state index in [0.29, 0.717) is 6.10 Å². The molecule has 11 heavy (non-hydrogen) atoms. The highest BCUT2D eigenvalue weighted by Crippen LogP contribution is 2.49. The lowest BCUT2D eigenvalue weighted by Gasteiger charge is -2.14. The van der Waals surface area contributed by atoms with Crippen LogP contribution < -0.4 is 0 Å². The maximum atomic E-state index is 5.61. The average molecular weight is 150 g/mol. The summed E-state index contributed by atoms with van der Waals surface area (Å²) in [6, 6.07) is 0. The van der Waals surface area contributed by atoms with E-state index in [0.717, 1.165) is 0 Å². The minimum absolute atomic E-state index is 0.201. The van der Waals surface area contributed by atoms with Gasteiger partial charge in [-0.25, -0.2) is 0 Å². The summed E-state index contributed by atoms with van der Waals surface area (Å²) < 4.78 is 5.61. The van der Waals surface area contributed by atoms with Crippen LogP contribution in [0, 0.1) is 0 Å². The monoisotopic (exact) mass is 150 g/mol. The normalized spacial score (nSPS) is 45.2. The lowest BCUT2D eigenvalue weighted by molar-refractivity contribution is 0.306. The molecule has 2 unspecified atom stereocenters. The third-order valence-corrected chi connectivity index (χ3v) is 2.69. The summed E-state index contributed by atoms with van der Waals surface area (Å²) in [6.07, 6.45) is 8.09. The van der Waals surface area contributed by atoms with Gasteiger partial charge in [-0.05, 0) is 31.8 Å². The van der Waals surface area contributed by atoms with Gasteiger partial charge in [0.25, 0.3) is 0 Å². The minimum Gasteiger partial charge on any atom is -0.362 e. The molecule has 0 aromatic carbocycles. The van der Waals surface area contributed by atoms with Crippen LogP contribution in [0.3, 0.4) is 0 Å². The lowest BCUT2D eigenvalue weighted by Crippen LogP contribution is -2.16. The van der Waals surface area contributed by atoms with Crippen molar-refractivity contribution in [2.75, 3.05) is 0 Å². The van der Waals surface area contributed by atoms with Crippen LogP contribution in [-0.2, 0) is 4.74 Å². The average Bonchev–Trinajstić information content (AvgIpc) is 2.63. The molecule has 0 aromatic rings. The Balaban J connectivity index is 2.14. The van der Waals surface area contributed by atoms with E-state index in [1.807, 2.05) is 6.08 Å². The van der Waals surface area contributed by atoms with E-state index < -0.39 is 0 Å². The molecule has 2 atom stereocenters. The Labute approximate surface area is 67.7 Å². The first-order valence-corrected chi connectivity index (χ1v) is 4.25. The molecule has 0 amide bonds. The molecule has 0 radical (unpaired) electrons. The van der Waals surface area contributed by atoms with E-state index >= 15 is 0 Å². The van der Waals surface area contributed by atoms with Crippen LogP contribution in [0.1, 0.15) is 26.2 Å². The molecule has 2 rings (SSSR count). The first-order chi connectivity index (χ1) is 5.26. The van der Waals surface area contributed by atoms with E-state index in [9.17, 15) is 0 Å². The molecular weight excluding hydrogens is 136 g/mol. The van der Waals surface area contributed by atoms with Gasteiger partial charge < -0.3 is 4.74 Å². The van der Waals surface area contributed by atoms with Crippen molar-refractivity contribution in [1.29, 1.82) is 0 Å². The Kier molecular flexibility index (Phi) is 1.43. The maximum absolute atomic E-state index is 5.61. The fraction of sp³-hybridized carbons (Fsp3) is 0.600. The highest BCUT2D eigenvalue weighted by Gasteiger charge is 2.55. The van der Waals surface area contributed by atoms with E-state index in [4.69, 9.17) is 4.74 Å². The van der Waals surface area contributed by atoms with Crippen LogP contribution in [0.5, 0.6) is 0 Å². The molecule has 1 saturated heterocycles. The van der Waals surface area contributed by atoms with Crippen molar-refractivity contribution < 1.29 is 4.74 Å². The number of ether oxygens (including phenoxy) is 1. The van der Waals surface area contributed by atoms with Gasteiger partial charge in [0.05, 0.1) is 5.60 Å². The molecule has 1 heterocycles. The molecule has 0 bridgehead atoms. The van der Waals surface area contributed by atoms with Gasteiger partial charge in [-0.2, -0.15) is 0 Å². The highest BCUT2D eigenvalue weighted by atomic mass is 16.6. The van der Waals surface area contributed by atoms with Crippen LogP contribution in [0.2, 0.25) is 0 Å². The molecule has 0 aromatic heterocycles. The van der Waals surface area contributed by atoms with Crippen molar-refractivity contribution in [2.45, 2.75) is 37.9 Å². The first kappa shape index (κ1) is 7.11. The van der Waals surface area contributed by atoms with Crippen molar-refractivity contribution in [3.05, 3.63) is 24.3 Å². The fourth-order valence-electron chi connectivity index (χ4n) is 1.99. The van der Waals surface area contributed by atoms with Gasteiger partial charge in [0.15, 0.2) is 0 Å². The molecule has 60 valence electrons. The predicted octanol–water partition coefficient (Wildman–Crippen LogP) is 2.44. The quantitative estimate of drug-likeness (QED) is 0.523. The van der Waals surface area contributed by atoms with Crippen molar-refractivity contribution in [3.63, 3.8) is 0 Å². The Morgan fingerprint density at radius 2 is 2.55 bits per heavy atom. The van der Waals surface area contributed by atoms with Crippen LogP contribution >= 0.6 is 0 Å². The molecule has 0 N–H and O–H groups in total. The van der Waals surface area contributed by atoms with E-state index in [2.05, 4.69) is 19.6 Å². The molecule has 1 aliphatic carbocycles. The zero-order chi connectivity index (χ0) is 7.90. The number of epoxide rings is 1. The maximum Gasteiger partial charge on any atom is 0.108 e. The first-order valence-electron chi connectivity index (χ1n) is 4.25. The number of hydrogen-bond acceptors (Lipinski definition) is 1. The van der Waals surface area contributed by atoms with Crippen LogP contribution in [-0.4, -0.2) is 11.7 Å². The SMILES string of the molecule is C=CC=C1CCCC2(C)OC12. The van der Waals surface area contributed by atoms with E-state index in [-0.39, 0.29) is 5.60 Å². The Hall–Kier alpha value is -0.560. The third-order valence-electron chi connectivity index (χ3n) is 2.69. The van der Waals surface area contributed by atoms with Crippen molar-refractivity contribution in [2.24, 2.45) is 0 Å². The fourth-order valence-corrected chi connectivity index (χ4v) is 1.99. The van der Waals surface area contributed by atoms with Crippen LogP contribution in [0.25, 0.3) is 0 Å². The van der Waals surface area contributed by atoms with Crippen LogP contribution in [0.4, 0.5) is 0 Å². The molecule has 1 aliphatic heterocycles. The molecule has 1 heteroatoms. The number of allylic oxidation sites excluding steroid dienone is 2. The van der Waals surface area contributed by atoms with Crippen molar-refractivity contribution >= 4 is 0 Å². The minimum atomic E-state index is 0.201. The molecule has 1 saturated carbocycles. The Morgan fingerprint density at radius 1 is 1.73 bits per heavy atom. The largest absolute Gasteiger partial charge is 0.362 e. The van der Waals surface area contributed by atoms with Gasteiger partial charge >= 0.3 is 0 Å². The smallest absolute Gasteiger partial charge is 0.108 e. The van der Waals surface area contributed by atoms with Crippen molar-refractivity contribution in [1.82, 2.24) is 0 Å². The van der Waals surface area contributed by atoms with Gasteiger partial charge in [-0.1, -0.05) is 18.7 Å². The summed E-state index contributed by atoms with van der Waals surface area (Å²) >= 11 is 0. The molecular formula is C10H14O. The number of hydrogen-bond donors (Lipinski definition) is 0. The topological polar surface area (TPSA) is 12.5 Å². The summed E-state index contributed by atoms with van der Waals surface area (Å²) in [4.78, 5) is 0. The summed E-state index contributed by atoms with van der Waals surface area (Å²) in [6.45, 7) is 5.90. The number of rotatable bonds is 1. The summed E-state index contributed by atoms with van der Waals surface area (Å²) in [5.74, 6) is 0.